The fourth-order valence-electron chi connectivity index (χ4n) is 1.75. The molecule has 1 N–H and O–H groups in total. The molecule has 0 radical (unpaired) electrons. The van der Waals surface area contributed by atoms with E-state index in [9.17, 15) is 0 Å². The van der Waals surface area contributed by atoms with Crippen LogP contribution in [0.2, 0.25) is 0 Å². The van der Waals surface area contributed by atoms with E-state index in [-0.39, 0.29) is 10.8 Å². The third kappa shape index (κ3) is 3.40. The first-order chi connectivity index (χ1) is 8.61. The van der Waals surface area contributed by atoms with E-state index < -0.39 is 0 Å². The van der Waals surface area contributed by atoms with Crippen molar-refractivity contribution >= 4 is 18.3 Å². The van der Waals surface area contributed by atoms with Crippen LogP contribution in [-0.2, 0) is 5.41 Å². The van der Waals surface area contributed by atoms with Gasteiger partial charge in [0.2, 0.25) is 0 Å². The standard InChI is InChI=1S/C15H24N4/c1-8-12-18-11(14(2,3)4)9-19(12)13(17-10-16)15(5,6)7/h8-10,16H,1H2,2-7H3. The zero-order valence-electron chi connectivity index (χ0n) is 12.8. The number of nitrogens with one attached hydrogen (secondary N) is 1. The second-order valence-electron chi connectivity index (χ2n) is 6.64. The van der Waals surface area contributed by atoms with Crippen LogP contribution in [0.1, 0.15) is 53.1 Å². The Balaban J connectivity index is 3.48. The Bertz CT molecular complexity index is 507. The molecule has 0 atom stereocenters. The maximum atomic E-state index is 7.25. The minimum atomic E-state index is -0.175. The fourth-order valence-corrected chi connectivity index (χ4v) is 1.75. The van der Waals surface area contributed by atoms with Gasteiger partial charge in [0.1, 0.15) is 18.0 Å². The van der Waals surface area contributed by atoms with Gasteiger partial charge in [-0.15, -0.1) is 0 Å². The maximum Gasteiger partial charge on any atom is 0.137 e. The van der Waals surface area contributed by atoms with E-state index in [4.69, 9.17) is 5.41 Å². The Morgan fingerprint density at radius 1 is 1.32 bits per heavy atom. The summed E-state index contributed by atoms with van der Waals surface area (Å²) < 4.78 is 1.93. The first kappa shape index (κ1) is 15.3. The van der Waals surface area contributed by atoms with E-state index in [2.05, 4.69) is 58.1 Å². The summed E-state index contributed by atoms with van der Waals surface area (Å²) in [4.78, 5) is 8.81. The van der Waals surface area contributed by atoms with E-state index in [1.807, 2.05) is 10.8 Å². The highest BCUT2D eigenvalue weighted by Crippen LogP contribution is 2.25. The van der Waals surface area contributed by atoms with Gasteiger partial charge in [0.25, 0.3) is 0 Å². The van der Waals surface area contributed by atoms with Gasteiger partial charge in [-0.1, -0.05) is 48.1 Å². The summed E-state index contributed by atoms with van der Waals surface area (Å²) in [5, 5.41) is 7.25. The van der Waals surface area contributed by atoms with Crippen molar-refractivity contribution in [1.82, 2.24) is 9.55 Å². The minimum Gasteiger partial charge on any atom is -0.289 e. The van der Waals surface area contributed by atoms with Crippen LogP contribution in [0.25, 0.3) is 6.08 Å². The summed E-state index contributed by atoms with van der Waals surface area (Å²) in [5.41, 5.74) is 0.784. The fraction of sp³-hybridized carbons (Fsp3) is 0.533. The van der Waals surface area contributed by atoms with Gasteiger partial charge in [0.05, 0.1) is 5.69 Å². The average molecular weight is 260 g/mol. The molecule has 4 heteroatoms. The molecule has 1 rings (SSSR count). The van der Waals surface area contributed by atoms with E-state index in [0.717, 1.165) is 23.7 Å². The molecule has 0 fully saturated rings. The van der Waals surface area contributed by atoms with E-state index in [0.29, 0.717) is 0 Å². The first-order valence-electron chi connectivity index (χ1n) is 6.41. The number of aromatic nitrogens is 2. The van der Waals surface area contributed by atoms with Crippen molar-refractivity contribution in [3.8, 4) is 0 Å². The Kier molecular flexibility index (Phi) is 4.13. The van der Waals surface area contributed by atoms with Gasteiger partial charge in [-0.25, -0.2) is 9.98 Å². The summed E-state index contributed by atoms with van der Waals surface area (Å²) in [6.45, 7) is 16.4. The summed E-state index contributed by atoms with van der Waals surface area (Å²) in [6, 6.07) is 0. The van der Waals surface area contributed by atoms with Crippen LogP contribution in [0.3, 0.4) is 0 Å². The molecule has 0 aliphatic carbocycles. The lowest BCUT2D eigenvalue weighted by Crippen LogP contribution is -2.28. The summed E-state index contributed by atoms with van der Waals surface area (Å²) >= 11 is 0. The number of hydrogen-bond acceptors (Lipinski definition) is 2. The Hall–Kier alpha value is -1.71. The van der Waals surface area contributed by atoms with Crippen molar-refractivity contribution in [3.05, 3.63) is 24.3 Å². The van der Waals surface area contributed by atoms with Crippen molar-refractivity contribution in [1.29, 1.82) is 5.41 Å². The molecule has 1 heterocycles. The van der Waals surface area contributed by atoms with E-state index >= 15 is 0 Å². The molecule has 0 unspecified atom stereocenters. The molecule has 0 aromatic carbocycles. The van der Waals surface area contributed by atoms with Crippen LogP contribution in [0.4, 0.5) is 0 Å². The predicted molar refractivity (Wildman–Crippen MR) is 82.1 cm³/mol. The summed E-state index contributed by atoms with van der Waals surface area (Å²) in [6.07, 6.45) is 4.79. The molecule has 1 aromatic rings. The molecule has 0 saturated carbocycles. The topological polar surface area (TPSA) is 54.0 Å². The van der Waals surface area contributed by atoms with Gasteiger partial charge in [-0.2, -0.15) is 0 Å². The van der Waals surface area contributed by atoms with Crippen molar-refractivity contribution in [3.63, 3.8) is 0 Å². The van der Waals surface area contributed by atoms with Crippen molar-refractivity contribution in [2.45, 2.75) is 47.0 Å². The molecule has 0 bridgehead atoms. The van der Waals surface area contributed by atoms with Gasteiger partial charge in [-0.05, 0) is 6.08 Å². The number of imidazole rings is 1. The van der Waals surface area contributed by atoms with Gasteiger partial charge >= 0.3 is 0 Å². The molecule has 0 spiro atoms. The van der Waals surface area contributed by atoms with Crippen LogP contribution >= 0.6 is 0 Å². The maximum absolute atomic E-state index is 7.25. The van der Waals surface area contributed by atoms with Gasteiger partial charge in [0.15, 0.2) is 0 Å². The number of hydrogen-bond donors (Lipinski definition) is 1. The molecular weight excluding hydrogens is 236 g/mol. The van der Waals surface area contributed by atoms with Crippen molar-refractivity contribution in [2.75, 3.05) is 0 Å². The van der Waals surface area contributed by atoms with Crippen molar-refractivity contribution < 1.29 is 0 Å². The largest absolute Gasteiger partial charge is 0.289 e. The Labute approximate surface area is 115 Å². The smallest absolute Gasteiger partial charge is 0.137 e. The molecule has 1 aromatic heterocycles. The van der Waals surface area contributed by atoms with Gasteiger partial charge in [0, 0.05) is 17.0 Å². The Morgan fingerprint density at radius 3 is 2.26 bits per heavy atom. The molecule has 0 aliphatic rings. The lowest BCUT2D eigenvalue weighted by molar-refractivity contribution is 0.565. The second kappa shape index (κ2) is 5.11. The molecule has 104 valence electrons. The molecule has 0 saturated heterocycles. The van der Waals surface area contributed by atoms with Crippen LogP contribution in [0, 0.1) is 10.8 Å². The highest BCUT2D eigenvalue weighted by molar-refractivity contribution is 5.95. The molecule has 0 amide bonds. The van der Waals surface area contributed by atoms with E-state index in [1.165, 1.54) is 0 Å². The third-order valence-electron chi connectivity index (χ3n) is 2.77. The lowest BCUT2D eigenvalue weighted by Gasteiger charge is -2.22. The van der Waals surface area contributed by atoms with Crippen LogP contribution in [0.5, 0.6) is 0 Å². The summed E-state index contributed by atoms with van der Waals surface area (Å²) in [7, 11) is 0. The van der Waals surface area contributed by atoms with E-state index in [1.54, 1.807) is 6.08 Å². The molecular formula is C15H24N4. The second-order valence-corrected chi connectivity index (χ2v) is 6.64. The van der Waals surface area contributed by atoms with Crippen LogP contribution < -0.4 is 0 Å². The van der Waals surface area contributed by atoms with Crippen molar-refractivity contribution in [2.24, 2.45) is 10.4 Å². The zero-order valence-corrected chi connectivity index (χ0v) is 12.8. The quantitative estimate of drug-likeness (QED) is 0.639. The highest BCUT2D eigenvalue weighted by atomic mass is 15.1. The number of aliphatic imine (C=N–C) groups is 1. The van der Waals surface area contributed by atoms with Gasteiger partial charge < -0.3 is 0 Å². The number of nitrogens with zero attached hydrogens (tertiary/aromatic N) is 3. The van der Waals surface area contributed by atoms with Crippen LogP contribution in [0.15, 0.2) is 17.8 Å². The lowest BCUT2D eigenvalue weighted by atomic mass is 9.92. The minimum absolute atomic E-state index is 0.0311. The third-order valence-corrected chi connectivity index (χ3v) is 2.77. The molecule has 4 nitrogen and oxygen atoms in total. The average Bonchev–Trinajstić information content (AvgIpc) is 2.67. The highest BCUT2D eigenvalue weighted by Gasteiger charge is 2.26. The number of rotatable bonds is 2. The SMILES string of the molecule is C=Cc1nc(C(C)(C)C)cn1C(=NC=N)C(C)(C)C. The predicted octanol–water partition coefficient (Wildman–Crippen LogP) is 3.72. The first-order valence-corrected chi connectivity index (χ1v) is 6.41. The zero-order chi connectivity index (χ0) is 14.8. The Morgan fingerprint density at radius 2 is 1.89 bits per heavy atom. The van der Waals surface area contributed by atoms with Gasteiger partial charge in [-0.3, -0.25) is 9.98 Å². The van der Waals surface area contributed by atoms with Crippen LogP contribution in [-0.4, -0.2) is 21.7 Å². The molecule has 0 aliphatic heterocycles. The molecule has 19 heavy (non-hydrogen) atoms. The summed E-state index contributed by atoms with van der Waals surface area (Å²) in [5.74, 6) is 1.56. The monoisotopic (exact) mass is 260 g/mol. The normalized spacial score (nSPS) is 13.5.